The molecular weight excluding hydrogens is 241 g/mol. The van der Waals surface area contributed by atoms with Gasteiger partial charge in [-0.25, -0.2) is 14.4 Å². The van der Waals surface area contributed by atoms with Crippen molar-refractivity contribution in [2.75, 3.05) is 12.4 Å². The zero-order valence-electron chi connectivity index (χ0n) is 11.1. The molecular formula is C15H16FN3. The fourth-order valence-corrected chi connectivity index (χ4v) is 2.22. The third kappa shape index (κ3) is 2.30. The smallest absolute Gasteiger partial charge is 0.134 e. The topological polar surface area (TPSA) is 37.8 Å². The molecule has 0 saturated heterocycles. The maximum Gasteiger partial charge on any atom is 0.134 e. The van der Waals surface area contributed by atoms with Gasteiger partial charge < -0.3 is 5.32 Å². The lowest BCUT2D eigenvalue weighted by molar-refractivity contribution is 0.628. The second kappa shape index (κ2) is 4.61. The minimum Gasteiger partial charge on any atom is -0.373 e. The van der Waals surface area contributed by atoms with Crippen molar-refractivity contribution in [2.45, 2.75) is 25.7 Å². The summed E-state index contributed by atoms with van der Waals surface area (Å²) < 4.78 is 13.4. The Bertz CT molecular complexity index is 621. The summed E-state index contributed by atoms with van der Waals surface area (Å²) in [5.74, 6) is 1.93. The molecule has 1 fully saturated rings. The highest BCUT2D eigenvalue weighted by Gasteiger charge is 2.28. The van der Waals surface area contributed by atoms with Crippen molar-refractivity contribution in [3.05, 3.63) is 41.5 Å². The Kier molecular flexibility index (Phi) is 2.93. The number of nitrogens with one attached hydrogen (secondary N) is 1. The summed E-state index contributed by atoms with van der Waals surface area (Å²) in [7, 11) is 1.85. The van der Waals surface area contributed by atoms with E-state index in [9.17, 15) is 4.39 Å². The van der Waals surface area contributed by atoms with Gasteiger partial charge >= 0.3 is 0 Å². The summed E-state index contributed by atoms with van der Waals surface area (Å²) in [6.07, 6.45) is 2.30. The minimum atomic E-state index is -0.241. The van der Waals surface area contributed by atoms with Crippen molar-refractivity contribution >= 4 is 5.82 Å². The number of hydrogen-bond acceptors (Lipinski definition) is 3. The molecule has 1 aromatic heterocycles. The van der Waals surface area contributed by atoms with Gasteiger partial charge in [-0.15, -0.1) is 0 Å². The quantitative estimate of drug-likeness (QED) is 0.914. The van der Waals surface area contributed by atoms with Crippen LogP contribution in [0.25, 0.3) is 11.3 Å². The number of benzene rings is 1. The van der Waals surface area contributed by atoms with Crippen LogP contribution in [0.1, 0.15) is 30.1 Å². The highest BCUT2D eigenvalue weighted by Crippen LogP contribution is 2.40. The van der Waals surface area contributed by atoms with Crippen LogP contribution < -0.4 is 5.32 Å². The normalized spacial score (nSPS) is 14.5. The van der Waals surface area contributed by atoms with E-state index in [0.717, 1.165) is 41.3 Å². The number of aromatic nitrogens is 2. The summed E-state index contributed by atoms with van der Waals surface area (Å²) in [6, 6.07) is 6.56. The second-order valence-electron chi connectivity index (χ2n) is 4.94. The Balaban J connectivity index is 2.15. The predicted octanol–water partition coefficient (Wildman–Crippen LogP) is 3.51. The molecule has 0 spiro atoms. The monoisotopic (exact) mass is 257 g/mol. The van der Waals surface area contributed by atoms with Crippen LogP contribution in [0.5, 0.6) is 0 Å². The van der Waals surface area contributed by atoms with E-state index in [0.29, 0.717) is 5.92 Å². The van der Waals surface area contributed by atoms with Gasteiger partial charge in [-0.05, 0) is 31.9 Å². The van der Waals surface area contributed by atoms with Crippen molar-refractivity contribution in [3.63, 3.8) is 0 Å². The summed E-state index contributed by atoms with van der Waals surface area (Å²) in [4.78, 5) is 9.18. The highest BCUT2D eigenvalue weighted by atomic mass is 19.1. The van der Waals surface area contributed by atoms with Crippen molar-refractivity contribution in [3.8, 4) is 11.3 Å². The first-order valence-corrected chi connectivity index (χ1v) is 6.51. The molecule has 3 rings (SSSR count). The Morgan fingerprint density at radius 1 is 1.26 bits per heavy atom. The average molecular weight is 257 g/mol. The third-order valence-electron chi connectivity index (χ3n) is 3.44. The molecule has 1 aliphatic carbocycles. The van der Waals surface area contributed by atoms with E-state index in [2.05, 4.69) is 15.3 Å². The first kappa shape index (κ1) is 12.1. The number of halogens is 1. The van der Waals surface area contributed by atoms with Crippen molar-refractivity contribution < 1.29 is 4.39 Å². The molecule has 0 aliphatic heterocycles. The Morgan fingerprint density at radius 2 is 2.05 bits per heavy atom. The molecule has 4 heteroatoms. The molecule has 19 heavy (non-hydrogen) atoms. The van der Waals surface area contributed by atoms with Gasteiger partial charge in [0.05, 0.1) is 5.69 Å². The lowest BCUT2D eigenvalue weighted by Gasteiger charge is -2.12. The summed E-state index contributed by atoms with van der Waals surface area (Å²) in [5, 5.41) is 3.10. The SMILES string of the molecule is CNc1nc(C2CC2)nc(-c2cccc(F)c2)c1C. The van der Waals surface area contributed by atoms with Crippen LogP contribution in [0.4, 0.5) is 10.2 Å². The van der Waals surface area contributed by atoms with E-state index in [-0.39, 0.29) is 5.82 Å². The Morgan fingerprint density at radius 3 is 2.68 bits per heavy atom. The Labute approximate surface area is 111 Å². The molecule has 98 valence electrons. The van der Waals surface area contributed by atoms with Gasteiger partial charge in [-0.2, -0.15) is 0 Å². The van der Waals surface area contributed by atoms with Crippen LogP contribution in [0.15, 0.2) is 24.3 Å². The third-order valence-corrected chi connectivity index (χ3v) is 3.44. The van der Waals surface area contributed by atoms with Gasteiger partial charge in [-0.1, -0.05) is 12.1 Å². The minimum absolute atomic E-state index is 0.241. The lowest BCUT2D eigenvalue weighted by atomic mass is 10.1. The molecule has 1 saturated carbocycles. The van der Waals surface area contributed by atoms with Gasteiger partial charge in [0.2, 0.25) is 0 Å². The first-order chi connectivity index (χ1) is 9.19. The lowest BCUT2D eigenvalue weighted by Crippen LogP contribution is -2.04. The van der Waals surface area contributed by atoms with Crippen molar-refractivity contribution in [1.82, 2.24) is 9.97 Å². The van der Waals surface area contributed by atoms with Gasteiger partial charge in [0, 0.05) is 24.1 Å². The van der Waals surface area contributed by atoms with Crippen LogP contribution in [0.2, 0.25) is 0 Å². The summed E-state index contributed by atoms with van der Waals surface area (Å²) in [6.45, 7) is 1.96. The second-order valence-corrected chi connectivity index (χ2v) is 4.94. The molecule has 0 amide bonds. The van der Waals surface area contributed by atoms with Crippen molar-refractivity contribution in [2.24, 2.45) is 0 Å². The number of anilines is 1. The highest BCUT2D eigenvalue weighted by molar-refractivity contribution is 5.68. The van der Waals surface area contributed by atoms with Crippen LogP contribution >= 0.6 is 0 Å². The summed E-state index contributed by atoms with van der Waals surface area (Å²) >= 11 is 0. The average Bonchev–Trinajstić information content (AvgIpc) is 3.23. The zero-order valence-corrected chi connectivity index (χ0v) is 11.1. The van der Waals surface area contributed by atoms with Crippen LogP contribution in [0.3, 0.4) is 0 Å². The molecule has 1 aliphatic rings. The molecule has 2 aromatic rings. The molecule has 0 unspecified atom stereocenters. The molecule has 0 radical (unpaired) electrons. The molecule has 0 atom stereocenters. The van der Waals surface area contributed by atoms with Crippen LogP contribution in [0, 0.1) is 12.7 Å². The standard InChI is InChI=1S/C15H16FN3/c1-9-13(11-4-3-5-12(16)8-11)18-15(10-6-7-10)19-14(9)17-2/h3-5,8,10H,6-7H2,1-2H3,(H,17,18,19). The van der Waals surface area contributed by atoms with Gasteiger partial charge in [-0.3, -0.25) is 0 Å². The van der Waals surface area contributed by atoms with Crippen LogP contribution in [-0.4, -0.2) is 17.0 Å². The fraction of sp³-hybridized carbons (Fsp3) is 0.333. The Hall–Kier alpha value is -1.97. The van der Waals surface area contributed by atoms with E-state index >= 15 is 0 Å². The van der Waals surface area contributed by atoms with Gasteiger partial charge in [0.15, 0.2) is 0 Å². The first-order valence-electron chi connectivity index (χ1n) is 6.51. The molecule has 0 bridgehead atoms. The van der Waals surface area contributed by atoms with E-state index in [4.69, 9.17) is 0 Å². The molecule has 1 N–H and O–H groups in total. The van der Waals surface area contributed by atoms with Gasteiger partial charge in [0.25, 0.3) is 0 Å². The number of rotatable bonds is 3. The number of hydrogen-bond donors (Lipinski definition) is 1. The summed E-state index contributed by atoms with van der Waals surface area (Å²) in [5.41, 5.74) is 2.58. The van der Waals surface area contributed by atoms with E-state index in [1.165, 1.54) is 12.1 Å². The fourth-order valence-electron chi connectivity index (χ4n) is 2.22. The number of nitrogens with zero attached hydrogens (tertiary/aromatic N) is 2. The maximum atomic E-state index is 13.4. The molecule has 3 nitrogen and oxygen atoms in total. The van der Waals surface area contributed by atoms with E-state index in [1.807, 2.05) is 20.0 Å². The van der Waals surface area contributed by atoms with Crippen molar-refractivity contribution in [1.29, 1.82) is 0 Å². The zero-order chi connectivity index (χ0) is 13.4. The largest absolute Gasteiger partial charge is 0.373 e. The molecule has 1 heterocycles. The molecule has 1 aromatic carbocycles. The van der Waals surface area contributed by atoms with Crippen LogP contribution in [-0.2, 0) is 0 Å². The predicted molar refractivity (Wildman–Crippen MR) is 73.7 cm³/mol. The van der Waals surface area contributed by atoms with E-state index < -0.39 is 0 Å². The van der Waals surface area contributed by atoms with E-state index in [1.54, 1.807) is 6.07 Å². The van der Waals surface area contributed by atoms with Gasteiger partial charge in [0.1, 0.15) is 17.5 Å². The maximum absolute atomic E-state index is 13.4.